The van der Waals surface area contributed by atoms with Gasteiger partial charge in [0.15, 0.2) is 5.17 Å². The molecule has 3 nitrogen and oxygen atoms in total. The van der Waals surface area contributed by atoms with Crippen LogP contribution in [-0.4, -0.2) is 12.3 Å². The molecule has 1 atom stereocenters. The monoisotopic (exact) mass is 296 g/mol. The van der Waals surface area contributed by atoms with E-state index in [9.17, 15) is 0 Å². The number of amidine groups is 1. The molecule has 0 amide bonds. The molecule has 0 radical (unpaired) electrons. The highest BCUT2D eigenvalue weighted by Crippen LogP contribution is 2.37. The minimum absolute atomic E-state index is 0.195. The van der Waals surface area contributed by atoms with Crippen LogP contribution in [0.15, 0.2) is 65.7 Å². The third kappa shape index (κ3) is 3.11. The molecule has 0 spiro atoms. The number of rotatable bonds is 3. The third-order valence-corrected chi connectivity index (χ3v) is 4.30. The van der Waals surface area contributed by atoms with Crippen LogP contribution in [0.3, 0.4) is 0 Å². The van der Waals surface area contributed by atoms with Gasteiger partial charge in [0, 0.05) is 5.56 Å². The van der Waals surface area contributed by atoms with E-state index < -0.39 is 0 Å². The molecule has 0 fully saturated rings. The summed E-state index contributed by atoms with van der Waals surface area (Å²) in [6, 6.07) is 18.2. The molecular formula is C17H16N2OS. The fourth-order valence-corrected chi connectivity index (χ4v) is 3.12. The number of thioether (sulfide) groups is 1. The molecule has 0 aliphatic carbocycles. The van der Waals surface area contributed by atoms with Crippen molar-refractivity contribution >= 4 is 22.6 Å². The summed E-state index contributed by atoms with van der Waals surface area (Å²) in [4.78, 5) is 4.46. The summed E-state index contributed by atoms with van der Waals surface area (Å²) >= 11 is 1.57. The van der Waals surface area contributed by atoms with Crippen LogP contribution in [0.5, 0.6) is 5.75 Å². The quantitative estimate of drug-likeness (QED) is 0.936. The van der Waals surface area contributed by atoms with Crippen molar-refractivity contribution in [3.8, 4) is 5.75 Å². The lowest BCUT2D eigenvalue weighted by molar-refractivity contribution is 0.415. The normalized spacial score (nSPS) is 17.9. The van der Waals surface area contributed by atoms with Gasteiger partial charge in [-0.25, -0.2) is 4.99 Å². The number of hydrogen-bond acceptors (Lipinski definition) is 4. The average molecular weight is 296 g/mol. The lowest BCUT2D eigenvalue weighted by Crippen LogP contribution is -2.12. The van der Waals surface area contributed by atoms with E-state index in [-0.39, 0.29) is 5.25 Å². The highest BCUT2D eigenvalue weighted by Gasteiger charge is 2.18. The molecule has 0 bridgehead atoms. The minimum Gasteiger partial charge on any atom is -0.497 e. The maximum absolute atomic E-state index is 5.99. The molecular weight excluding hydrogens is 280 g/mol. The van der Waals surface area contributed by atoms with Crippen LogP contribution in [0.25, 0.3) is 5.70 Å². The van der Waals surface area contributed by atoms with Gasteiger partial charge in [-0.05, 0) is 35.9 Å². The Kier molecular flexibility index (Phi) is 3.97. The summed E-state index contributed by atoms with van der Waals surface area (Å²) in [5.41, 5.74) is 9.17. The largest absolute Gasteiger partial charge is 0.497 e. The lowest BCUT2D eigenvalue weighted by atomic mass is 10.1. The highest BCUT2D eigenvalue weighted by molar-refractivity contribution is 8.14. The highest BCUT2D eigenvalue weighted by atomic mass is 32.2. The summed E-state index contributed by atoms with van der Waals surface area (Å²) in [7, 11) is 1.66. The molecule has 4 heteroatoms. The van der Waals surface area contributed by atoms with Crippen LogP contribution in [0.1, 0.15) is 16.4 Å². The Labute approximate surface area is 128 Å². The average Bonchev–Trinajstić information content (AvgIpc) is 2.55. The Morgan fingerprint density at radius 3 is 2.43 bits per heavy atom. The van der Waals surface area contributed by atoms with Gasteiger partial charge >= 0.3 is 0 Å². The Balaban J connectivity index is 1.94. The van der Waals surface area contributed by atoms with Crippen LogP contribution in [-0.2, 0) is 0 Å². The van der Waals surface area contributed by atoms with Crippen LogP contribution in [0.2, 0.25) is 0 Å². The fourth-order valence-electron chi connectivity index (χ4n) is 2.22. The van der Waals surface area contributed by atoms with E-state index in [4.69, 9.17) is 10.5 Å². The van der Waals surface area contributed by atoms with Gasteiger partial charge in [-0.2, -0.15) is 0 Å². The summed E-state index contributed by atoms with van der Waals surface area (Å²) in [6.45, 7) is 0. The lowest BCUT2D eigenvalue weighted by Gasteiger charge is -2.19. The van der Waals surface area contributed by atoms with Crippen molar-refractivity contribution in [3.63, 3.8) is 0 Å². The van der Waals surface area contributed by atoms with Crippen LogP contribution < -0.4 is 10.5 Å². The SMILES string of the molecule is COc1ccc(C2=C[C@@H](c3ccccc3)SC(N)=N2)cc1. The number of ether oxygens (including phenoxy) is 1. The van der Waals surface area contributed by atoms with Crippen LogP contribution in [0, 0.1) is 0 Å². The molecule has 0 aromatic heterocycles. The maximum Gasteiger partial charge on any atom is 0.160 e. The molecule has 2 N–H and O–H groups in total. The molecule has 2 aromatic carbocycles. The van der Waals surface area contributed by atoms with E-state index in [2.05, 4.69) is 23.2 Å². The van der Waals surface area contributed by atoms with E-state index in [0.29, 0.717) is 5.17 Å². The number of nitrogens with two attached hydrogens (primary N) is 1. The number of nitrogens with zero attached hydrogens (tertiary/aromatic N) is 1. The first-order valence-electron chi connectivity index (χ1n) is 6.68. The van der Waals surface area contributed by atoms with Crippen LogP contribution >= 0.6 is 11.8 Å². The fraction of sp³-hybridized carbons (Fsp3) is 0.118. The number of aliphatic imine (C=N–C) groups is 1. The van der Waals surface area contributed by atoms with Gasteiger partial charge in [0.05, 0.1) is 18.1 Å². The summed E-state index contributed by atoms with van der Waals surface area (Å²) in [6.07, 6.45) is 2.15. The molecule has 0 saturated heterocycles. The van der Waals surface area contributed by atoms with Crippen molar-refractivity contribution in [1.82, 2.24) is 0 Å². The van der Waals surface area contributed by atoms with E-state index in [1.54, 1.807) is 18.9 Å². The molecule has 2 aromatic rings. The molecule has 1 aliphatic heterocycles. The zero-order valence-corrected chi connectivity index (χ0v) is 12.5. The first kappa shape index (κ1) is 13.8. The van der Waals surface area contributed by atoms with Gasteiger partial charge in [-0.1, -0.05) is 42.1 Å². The predicted octanol–water partition coefficient (Wildman–Crippen LogP) is 3.84. The smallest absolute Gasteiger partial charge is 0.160 e. The topological polar surface area (TPSA) is 47.6 Å². The van der Waals surface area contributed by atoms with Crippen molar-refractivity contribution in [2.24, 2.45) is 10.7 Å². The summed E-state index contributed by atoms with van der Waals surface area (Å²) in [5.74, 6) is 0.834. The number of hydrogen-bond donors (Lipinski definition) is 1. The van der Waals surface area contributed by atoms with Crippen molar-refractivity contribution in [1.29, 1.82) is 0 Å². The number of benzene rings is 2. The molecule has 106 valence electrons. The Hall–Kier alpha value is -2.20. The van der Waals surface area contributed by atoms with Gasteiger partial charge in [-0.3, -0.25) is 0 Å². The first-order chi connectivity index (χ1) is 10.3. The second kappa shape index (κ2) is 6.06. The van der Waals surface area contributed by atoms with Crippen molar-refractivity contribution in [3.05, 3.63) is 71.8 Å². The van der Waals surface area contributed by atoms with Crippen LogP contribution in [0.4, 0.5) is 0 Å². The molecule has 21 heavy (non-hydrogen) atoms. The predicted molar refractivity (Wildman–Crippen MR) is 89.4 cm³/mol. The molecule has 3 rings (SSSR count). The number of methoxy groups -OCH3 is 1. The molecule has 0 unspecified atom stereocenters. The Morgan fingerprint density at radius 1 is 1.05 bits per heavy atom. The molecule has 0 saturated carbocycles. The van der Waals surface area contributed by atoms with E-state index in [1.807, 2.05) is 42.5 Å². The van der Waals surface area contributed by atoms with Gasteiger partial charge in [0.25, 0.3) is 0 Å². The van der Waals surface area contributed by atoms with Gasteiger partial charge in [0.2, 0.25) is 0 Å². The van der Waals surface area contributed by atoms with E-state index in [1.165, 1.54) is 5.56 Å². The van der Waals surface area contributed by atoms with Gasteiger partial charge < -0.3 is 10.5 Å². The van der Waals surface area contributed by atoms with E-state index >= 15 is 0 Å². The molecule has 1 aliphatic rings. The molecule has 1 heterocycles. The third-order valence-electron chi connectivity index (χ3n) is 3.30. The van der Waals surface area contributed by atoms with Crippen molar-refractivity contribution in [2.75, 3.05) is 7.11 Å². The van der Waals surface area contributed by atoms with Crippen molar-refractivity contribution < 1.29 is 4.74 Å². The first-order valence-corrected chi connectivity index (χ1v) is 7.56. The standard InChI is InChI=1S/C17H16N2OS/c1-20-14-9-7-12(8-10-14)15-11-16(21-17(18)19-15)13-5-3-2-4-6-13/h2-11,16H,1H3,(H2,18,19)/t16-/m0/s1. The second-order valence-electron chi connectivity index (χ2n) is 4.68. The van der Waals surface area contributed by atoms with Crippen molar-refractivity contribution in [2.45, 2.75) is 5.25 Å². The summed E-state index contributed by atoms with van der Waals surface area (Å²) in [5, 5.41) is 0.790. The van der Waals surface area contributed by atoms with Gasteiger partial charge in [0.1, 0.15) is 5.75 Å². The maximum atomic E-state index is 5.99. The Bertz CT molecular complexity index is 678. The zero-order chi connectivity index (χ0) is 14.7. The Morgan fingerprint density at radius 2 is 1.76 bits per heavy atom. The summed E-state index contributed by atoms with van der Waals surface area (Å²) < 4.78 is 5.18. The second-order valence-corrected chi connectivity index (χ2v) is 5.84. The minimum atomic E-state index is 0.195. The zero-order valence-electron chi connectivity index (χ0n) is 11.7. The van der Waals surface area contributed by atoms with E-state index in [0.717, 1.165) is 17.0 Å². The van der Waals surface area contributed by atoms with Gasteiger partial charge in [-0.15, -0.1) is 0 Å².